The predicted molar refractivity (Wildman–Crippen MR) is 75.0 cm³/mol. The van der Waals surface area contributed by atoms with E-state index in [1.807, 2.05) is 0 Å². The Hall–Kier alpha value is -0.220. The van der Waals surface area contributed by atoms with Gasteiger partial charge in [0.15, 0.2) is 0 Å². The van der Waals surface area contributed by atoms with Crippen LogP contribution in [0.2, 0.25) is 0 Å². The SMILES string of the molecule is CC(C)OCC1(CN2CCC3(CC2)CC3(F)F)CCC1. The molecule has 20 heavy (non-hydrogen) atoms. The van der Waals surface area contributed by atoms with Crippen molar-refractivity contribution in [2.45, 2.75) is 64.4 Å². The van der Waals surface area contributed by atoms with Gasteiger partial charge in [0, 0.05) is 23.8 Å². The first kappa shape index (κ1) is 14.7. The van der Waals surface area contributed by atoms with Gasteiger partial charge in [-0.15, -0.1) is 0 Å². The van der Waals surface area contributed by atoms with Crippen LogP contribution in [0.25, 0.3) is 0 Å². The molecule has 0 bridgehead atoms. The van der Waals surface area contributed by atoms with Crippen molar-refractivity contribution in [1.29, 1.82) is 0 Å². The van der Waals surface area contributed by atoms with Crippen LogP contribution >= 0.6 is 0 Å². The molecule has 0 unspecified atom stereocenters. The summed E-state index contributed by atoms with van der Waals surface area (Å²) >= 11 is 0. The molecule has 1 saturated heterocycles. The highest BCUT2D eigenvalue weighted by atomic mass is 19.3. The lowest BCUT2D eigenvalue weighted by Gasteiger charge is -2.46. The highest BCUT2D eigenvalue weighted by Gasteiger charge is 2.70. The van der Waals surface area contributed by atoms with Crippen LogP contribution in [0.1, 0.15) is 52.4 Å². The minimum Gasteiger partial charge on any atom is -0.378 e. The number of rotatable bonds is 5. The Morgan fingerprint density at radius 2 is 1.70 bits per heavy atom. The summed E-state index contributed by atoms with van der Waals surface area (Å²) in [4.78, 5) is 2.41. The van der Waals surface area contributed by atoms with E-state index in [1.165, 1.54) is 19.3 Å². The summed E-state index contributed by atoms with van der Waals surface area (Å²) in [5, 5.41) is 0. The summed E-state index contributed by atoms with van der Waals surface area (Å²) in [5.74, 6) is -2.37. The molecule has 3 fully saturated rings. The first-order chi connectivity index (χ1) is 9.37. The van der Waals surface area contributed by atoms with E-state index < -0.39 is 11.3 Å². The Bertz CT molecular complexity index is 357. The molecule has 3 rings (SSSR count). The molecule has 3 aliphatic rings. The van der Waals surface area contributed by atoms with Crippen LogP contribution < -0.4 is 0 Å². The molecular weight excluding hydrogens is 260 g/mol. The van der Waals surface area contributed by atoms with Gasteiger partial charge in [-0.25, -0.2) is 8.78 Å². The number of likely N-dealkylation sites (tertiary alicyclic amines) is 1. The number of hydrogen-bond donors (Lipinski definition) is 0. The molecule has 0 aromatic heterocycles. The standard InChI is InChI=1S/C16H27F2NO/c1-13(2)20-12-14(4-3-5-14)11-19-8-6-15(7-9-19)10-16(15,17)18/h13H,3-12H2,1-2H3. The Balaban J connectivity index is 1.49. The van der Waals surface area contributed by atoms with E-state index in [1.54, 1.807) is 0 Å². The minimum absolute atomic E-state index is 0.134. The molecule has 0 aromatic rings. The van der Waals surface area contributed by atoms with E-state index in [0.29, 0.717) is 18.3 Å². The quantitative estimate of drug-likeness (QED) is 0.764. The smallest absolute Gasteiger partial charge is 0.254 e. The highest BCUT2D eigenvalue weighted by molar-refractivity contribution is 5.12. The van der Waals surface area contributed by atoms with Crippen molar-refractivity contribution in [3.63, 3.8) is 0 Å². The summed E-state index contributed by atoms with van der Waals surface area (Å²) in [5.41, 5.74) is -0.314. The van der Waals surface area contributed by atoms with E-state index in [0.717, 1.165) is 26.2 Å². The number of piperidine rings is 1. The summed E-state index contributed by atoms with van der Waals surface area (Å²) in [6.45, 7) is 7.72. The maximum atomic E-state index is 13.4. The van der Waals surface area contributed by atoms with Crippen LogP contribution in [0, 0.1) is 10.8 Å². The van der Waals surface area contributed by atoms with Gasteiger partial charge in [0.05, 0.1) is 12.7 Å². The number of hydrogen-bond acceptors (Lipinski definition) is 2. The molecule has 0 atom stereocenters. The van der Waals surface area contributed by atoms with E-state index in [9.17, 15) is 8.78 Å². The van der Waals surface area contributed by atoms with Gasteiger partial charge in [0.2, 0.25) is 0 Å². The Morgan fingerprint density at radius 1 is 1.10 bits per heavy atom. The second-order valence-corrected chi connectivity index (χ2v) is 7.65. The van der Waals surface area contributed by atoms with E-state index >= 15 is 0 Å². The fourth-order valence-corrected chi connectivity index (χ4v) is 3.91. The molecule has 0 amide bonds. The average molecular weight is 287 g/mol. The summed E-state index contributed by atoms with van der Waals surface area (Å²) in [6, 6.07) is 0. The largest absolute Gasteiger partial charge is 0.378 e. The third-order valence-corrected chi connectivity index (χ3v) is 5.72. The highest BCUT2D eigenvalue weighted by Crippen LogP contribution is 2.66. The van der Waals surface area contributed by atoms with Crippen LogP contribution in [0.15, 0.2) is 0 Å². The average Bonchev–Trinajstić information content (AvgIpc) is 2.86. The molecule has 1 spiro atoms. The lowest BCUT2D eigenvalue weighted by atomic mass is 9.68. The Kier molecular flexibility index (Phi) is 3.61. The second kappa shape index (κ2) is 4.91. The van der Waals surface area contributed by atoms with Gasteiger partial charge in [-0.2, -0.15) is 0 Å². The van der Waals surface area contributed by atoms with E-state index in [4.69, 9.17) is 4.74 Å². The molecule has 116 valence electrons. The van der Waals surface area contributed by atoms with Crippen molar-refractivity contribution >= 4 is 0 Å². The van der Waals surface area contributed by atoms with Crippen molar-refractivity contribution in [3.8, 4) is 0 Å². The number of alkyl halides is 2. The summed E-state index contributed by atoms with van der Waals surface area (Å²) in [6.07, 6.45) is 5.53. The molecule has 2 aliphatic carbocycles. The van der Waals surface area contributed by atoms with Gasteiger partial charge in [0.1, 0.15) is 0 Å². The van der Waals surface area contributed by atoms with Crippen LogP contribution in [-0.2, 0) is 4.74 Å². The number of halogens is 2. The molecular formula is C16H27F2NO. The van der Waals surface area contributed by atoms with Crippen LogP contribution in [0.3, 0.4) is 0 Å². The molecule has 0 aromatic carbocycles. The Morgan fingerprint density at radius 3 is 2.10 bits per heavy atom. The third kappa shape index (κ3) is 2.61. The van der Waals surface area contributed by atoms with E-state index in [-0.39, 0.29) is 12.5 Å². The number of ether oxygens (including phenoxy) is 1. The van der Waals surface area contributed by atoms with E-state index in [2.05, 4.69) is 18.7 Å². The first-order valence-corrected chi connectivity index (χ1v) is 8.08. The van der Waals surface area contributed by atoms with Crippen molar-refractivity contribution in [1.82, 2.24) is 4.90 Å². The monoisotopic (exact) mass is 287 g/mol. The maximum Gasteiger partial charge on any atom is 0.254 e. The van der Waals surface area contributed by atoms with Crippen LogP contribution in [0.5, 0.6) is 0 Å². The molecule has 0 radical (unpaired) electrons. The van der Waals surface area contributed by atoms with Crippen molar-refractivity contribution in [3.05, 3.63) is 0 Å². The first-order valence-electron chi connectivity index (χ1n) is 8.08. The maximum absolute atomic E-state index is 13.4. The minimum atomic E-state index is -2.37. The molecule has 1 heterocycles. The van der Waals surface area contributed by atoms with Crippen LogP contribution in [-0.4, -0.2) is 43.2 Å². The molecule has 0 N–H and O–H groups in total. The van der Waals surface area contributed by atoms with Gasteiger partial charge in [0.25, 0.3) is 5.92 Å². The third-order valence-electron chi connectivity index (χ3n) is 5.72. The predicted octanol–water partition coefficient (Wildman–Crippen LogP) is 3.70. The summed E-state index contributed by atoms with van der Waals surface area (Å²) < 4.78 is 32.6. The normalized spacial score (nSPS) is 30.4. The van der Waals surface area contributed by atoms with Crippen molar-refractivity contribution in [2.24, 2.45) is 10.8 Å². The van der Waals surface area contributed by atoms with Gasteiger partial charge < -0.3 is 9.64 Å². The van der Waals surface area contributed by atoms with Crippen molar-refractivity contribution in [2.75, 3.05) is 26.2 Å². The fourth-order valence-electron chi connectivity index (χ4n) is 3.91. The van der Waals surface area contributed by atoms with Crippen molar-refractivity contribution < 1.29 is 13.5 Å². The van der Waals surface area contributed by atoms with Gasteiger partial charge in [-0.1, -0.05) is 6.42 Å². The summed E-state index contributed by atoms with van der Waals surface area (Å²) in [7, 11) is 0. The molecule has 4 heteroatoms. The van der Waals surface area contributed by atoms with Gasteiger partial charge in [-0.3, -0.25) is 0 Å². The van der Waals surface area contributed by atoms with Gasteiger partial charge >= 0.3 is 0 Å². The lowest BCUT2D eigenvalue weighted by Crippen LogP contribution is -2.48. The topological polar surface area (TPSA) is 12.5 Å². The van der Waals surface area contributed by atoms with Gasteiger partial charge in [-0.05, 0) is 52.6 Å². The zero-order valence-electron chi connectivity index (χ0n) is 12.8. The number of nitrogens with zero attached hydrogens (tertiary/aromatic N) is 1. The lowest BCUT2D eigenvalue weighted by molar-refractivity contribution is -0.0585. The van der Waals surface area contributed by atoms with Crippen LogP contribution in [0.4, 0.5) is 8.78 Å². The molecule has 2 saturated carbocycles. The fraction of sp³-hybridized carbons (Fsp3) is 1.00. The zero-order chi connectivity index (χ0) is 14.4. The zero-order valence-corrected chi connectivity index (χ0v) is 12.8. The molecule has 2 nitrogen and oxygen atoms in total. The molecule has 1 aliphatic heterocycles. The Labute approximate surface area is 120 Å². The second-order valence-electron chi connectivity index (χ2n) is 7.65.